The second-order valence-electron chi connectivity index (χ2n) is 4.75. The highest BCUT2D eigenvalue weighted by Gasteiger charge is 2.14. The first kappa shape index (κ1) is 17.1. The molecule has 0 bridgehead atoms. The van der Waals surface area contributed by atoms with Gasteiger partial charge in [0.1, 0.15) is 7.05 Å². The molecule has 20 heavy (non-hydrogen) atoms. The third-order valence-corrected chi connectivity index (χ3v) is 4.82. The van der Waals surface area contributed by atoms with E-state index in [2.05, 4.69) is 0 Å². The van der Waals surface area contributed by atoms with Gasteiger partial charge in [0.15, 0.2) is 22.2 Å². The van der Waals surface area contributed by atoms with Crippen LogP contribution in [-0.4, -0.2) is 14.2 Å². The molecular weight excluding hydrogens is 385 g/mol. The number of aromatic nitrogens is 1. The summed E-state index contributed by atoms with van der Waals surface area (Å²) in [7, 11) is -1.25. The van der Waals surface area contributed by atoms with Crippen LogP contribution in [0, 0.1) is 6.92 Å². The van der Waals surface area contributed by atoms with Crippen LogP contribution in [-0.2, 0) is 23.3 Å². The molecule has 0 saturated carbocycles. The molecular formula is C15H18INO2S. The zero-order valence-electron chi connectivity index (χ0n) is 11.6. The smallest absolute Gasteiger partial charge is 0.178 e. The third kappa shape index (κ3) is 4.56. The van der Waals surface area contributed by atoms with Crippen molar-refractivity contribution in [3.05, 3.63) is 59.9 Å². The monoisotopic (exact) mass is 403 g/mol. The number of hydrogen-bond donors (Lipinski definition) is 0. The summed E-state index contributed by atoms with van der Waals surface area (Å²) in [4.78, 5) is 0.402. The molecule has 0 aliphatic carbocycles. The van der Waals surface area contributed by atoms with Gasteiger partial charge in [-0.25, -0.2) is 13.0 Å². The Hall–Kier alpha value is -0.950. The Balaban J connectivity index is 0.00000200. The van der Waals surface area contributed by atoms with Gasteiger partial charge >= 0.3 is 0 Å². The Morgan fingerprint density at radius 1 is 1.00 bits per heavy atom. The largest absolute Gasteiger partial charge is 1.00 e. The van der Waals surface area contributed by atoms with Crippen LogP contribution < -0.4 is 28.5 Å². The van der Waals surface area contributed by atoms with E-state index in [0.717, 1.165) is 11.1 Å². The van der Waals surface area contributed by atoms with Crippen molar-refractivity contribution in [2.24, 2.45) is 7.05 Å². The summed E-state index contributed by atoms with van der Waals surface area (Å²) in [5.41, 5.74) is 2.10. The van der Waals surface area contributed by atoms with Crippen molar-refractivity contribution in [3.63, 3.8) is 0 Å². The summed E-state index contributed by atoms with van der Waals surface area (Å²) in [5.74, 6) is 0.143. The van der Waals surface area contributed by atoms with Crippen LogP contribution >= 0.6 is 0 Å². The molecule has 0 N–H and O–H groups in total. The molecule has 0 unspecified atom stereocenters. The minimum absolute atomic E-state index is 0. The Morgan fingerprint density at radius 3 is 2.10 bits per heavy atom. The highest BCUT2D eigenvalue weighted by molar-refractivity contribution is 7.91. The van der Waals surface area contributed by atoms with Crippen molar-refractivity contribution in [1.29, 1.82) is 0 Å². The number of aryl methyl sites for hydroxylation is 3. The number of hydrogen-bond acceptors (Lipinski definition) is 2. The van der Waals surface area contributed by atoms with Crippen molar-refractivity contribution in [2.45, 2.75) is 18.2 Å². The van der Waals surface area contributed by atoms with E-state index in [1.807, 2.05) is 55.2 Å². The highest BCUT2D eigenvalue weighted by atomic mass is 127. The van der Waals surface area contributed by atoms with E-state index in [0.29, 0.717) is 11.3 Å². The van der Waals surface area contributed by atoms with Crippen LogP contribution in [0.3, 0.4) is 0 Å². The zero-order valence-corrected chi connectivity index (χ0v) is 14.6. The maximum Gasteiger partial charge on any atom is 0.178 e. The van der Waals surface area contributed by atoms with Crippen LogP contribution in [0.4, 0.5) is 0 Å². The quantitative estimate of drug-likeness (QED) is 0.477. The second kappa shape index (κ2) is 7.17. The van der Waals surface area contributed by atoms with E-state index in [1.165, 1.54) is 0 Å². The van der Waals surface area contributed by atoms with Crippen LogP contribution in [0.25, 0.3) is 0 Å². The molecule has 3 nitrogen and oxygen atoms in total. The summed E-state index contributed by atoms with van der Waals surface area (Å²) in [6.45, 7) is 1.94. The van der Waals surface area contributed by atoms with Gasteiger partial charge < -0.3 is 24.0 Å². The van der Waals surface area contributed by atoms with Crippen LogP contribution in [0.5, 0.6) is 0 Å². The van der Waals surface area contributed by atoms with E-state index in [4.69, 9.17) is 0 Å². The molecule has 2 rings (SSSR count). The predicted octanol–water partition coefficient (Wildman–Crippen LogP) is -1.16. The van der Waals surface area contributed by atoms with E-state index in [1.54, 1.807) is 12.1 Å². The van der Waals surface area contributed by atoms with Gasteiger partial charge in [-0.2, -0.15) is 0 Å². The van der Waals surface area contributed by atoms with Gasteiger partial charge in [0, 0.05) is 12.1 Å². The maximum absolute atomic E-state index is 12.2. The Kier molecular flexibility index (Phi) is 6.13. The summed E-state index contributed by atoms with van der Waals surface area (Å²) < 4.78 is 26.3. The number of halogens is 1. The van der Waals surface area contributed by atoms with Crippen molar-refractivity contribution in [3.8, 4) is 0 Å². The zero-order chi connectivity index (χ0) is 13.9. The molecule has 1 aromatic heterocycles. The SMILES string of the molecule is Cc1ccc(S(=O)(=O)CCc2cc[n+](C)cc2)cc1.[I-]. The average molecular weight is 403 g/mol. The summed E-state index contributed by atoms with van der Waals surface area (Å²) >= 11 is 0. The summed E-state index contributed by atoms with van der Waals surface area (Å²) in [6.07, 6.45) is 4.39. The van der Waals surface area contributed by atoms with Crippen molar-refractivity contribution in [1.82, 2.24) is 0 Å². The minimum atomic E-state index is -3.19. The van der Waals surface area contributed by atoms with Crippen LogP contribution in [0.15, 0.2) is 53.7 Å². The van der Waals surface area contributed by atoms with Crippen molar-refractivity contribution < 1.29 is 37.0 Å². The van der Waals surface area contributed by atoms with E-state index >= 15 is 0 Å². The standard InChI is InChI=1S/C15H18NO2S.HI/c1-13-3-5-15(6-4-13)19(17,18)12-9-14-7-10-16(2)11-8-14;/h3-8,10-11H,9,12H2,1-2H3;1H/q+1;/p-1. The maximum atomic E-state index is 12.2. The van der Waals surface area contributed by atoms with Gasteiger partial charge in [0.05, 0.1) is 10.6 Å². The summed E-state index contributed by atoms with van der Waals surface area (Å²) in [6, 6.07) is 10.9. The van der Waals surface area contributed by atoms with Gasteiger partial charge in [0.2, 0.25) is 0 Å². The third-order valence-electron chi connectivity index (χ3n) is 3.09. The van der Waals surface area contributed by atoms with Crippen molar-refractivity contribution >= 4 is 9.84 Å². The van der Waals surface area contributed by atoms with E-state index in [-0.39, 0.29) is 29.7 Å². The van der Waals surface area contributed by atoms with Gasteiger partial charge in [-0.05, 0) is 31.0 Å². The first-order valence-corrected chi connectivity index (χ1v) is 7.86. The second-order valence-corrected chi connectivity index (χ2v) is 6.86. The molecule has 1 heterocycles. The highest BCUT2D eigenvalue weighted by Crippen LogP contribution is 2.13. The van der Waals surface area contributed by atoms with Gasteiger partial charge in [-0.15, -0.1) is 0 Å². The van der Waals surface area contributed by atoms with Gasteiger partial charge in [0.25, 0.3) is 0 Å². The molecule has 0 atom stereocenters. The van der Waals surface area contributed by atoms with Gasteiger partial charge in [-0.1, -0.05) is 17.7 Å². The van der Waals surface area contributed by atoms with E-state index < -0.39 is 9.84 Å². The lowest BCUT2D eigenvalue weighted by atomic mass is 10.2. The molecule has 108 valence electrons. The Bertz CT molecular complexity index is 649. The van der Waals surface area contributed by atoms with E-state index in [9.17, 15) is 8.42 Å². The Labute approximate surface area is 137 Å². The fourth-order valence-electron chi connectivity index (χ4n) is 1.81. The number of pyridine rings is 1. The lowest BCUT2D eigenvalue weighted by molar-refractivity contribution is -0.671. The molecule has 0 spiro atoms. The minimum Gasteiger partial charge on any atom is -1.00 e. The molecule has 0 saturated heterocycles. The number of sulfone groups is 1. The predicted molar refractivity (Wildman–Crippen MR) is 74.6 cm³/mol. The normalized spacial score (nSPS) is 10.9. The first-order valence-electron chi connectivity index (χ1n) is 6.21. The lowest BCUT2D eigenvalue weighted by Gasteiger charge is -2.04. The first-order chi connectivity index (χ1) is 8.97. The van der Waals surface area contributed by atoms with Crippen molar-refractivity contribution in [2.75, 3.05) is 5.75 Å². The molecule has 2 aromatic rings. The topological polar surface area (TPSA) is 38.0 Å². The molecule has 0 aliphatic rings. The molecule has 0 fully saturated rings. The lowest BCUT2D eigenvalue weighted by Crippen LogP contribution is -3.00. The average Bonchev–Trinajstić information content (AvgIpc) is 2.39. The number of nitrogens with zero attached hydrogens (tertiary/aromatic N) is 1. The number of rotatable bonds is 4. The van der Waals surface area contributed by atoms with Crippen LogP contribution in [0.1, 0.15) is 11.1 Å². The fraction of sp³-hybridized carbons (Fsp3) is 0.267. The molecule has 0 radical (unpaired) electrons. The Morgan fingerprint density at radius 2 is 1.55 bits per heavy atom. The van der Waals surface area contributed by atoms with Gasteiger partial charge in [-0.3, -0.25) is 0 Å². The molecule has 0 amide bonds. The van der Waals surface area contributed by atoms with Crippen LogP contribution in [0.2, 0.25) is 0 Å². The molecule has 5 heteroatoms. The fourth-order valence-corrected chi connectivity index (χ4v) is 3.11. The number of benzene rings is 1. The summed E-state index contributed by atoms with van der Waals surface area (Å²) in [5, 5.41) is 0. The molecule has 0 aliphatic heterocycles. The molecule has 1 aromatic carbocycles.